The lowest BCUT2D eigenvalue weighted by atomic mass is 10.1. The van der Waals surface area contributed by atoms with Crippen LogP contribution in [0, 0.1) is 0 Å². The van der Waals surface area contributed by atoms with Crippen LogP contribution in [0.2, 0.25) is 0 Å². The second-order valence-corrected chi connectivity index (χ2v) is 8.68. The molecule has 150 valence electrons. The predicted octanol–water partition coefficient (Wildman–Crippen LogP) is 0.231. The molecule has 3 rings (SSSR count). The predicted molar refractivity (Wildman–Crippen MR) is 102 cm³/mol. The number of sulfone groups is 1. The molecule has 1 amide bonds. The van der Waals surface area contributed by atoms with Crippen LogP contribution < -0.4 is 20.3 Å². The van der Waals surface area contributed by atoms with Gasteiger partial charge in [-0.25, -0.2) is 13.1 Å². The topological polar surface area (TPSA) is 117 Å². The lowest BCUT2D eigenvalue weighted by Gasteiger charge is -2.12. The van der Waals surface area contributed by atoms with Crippen LogP contribution in [0.25, 0.3) is 11.3 Å². The summed E-state index contributed by atoms with van der Waals surface area (Å²) in [5, 5.41) is 6.89. The normalized spacial score (nSPS) is 17.9. The van der Waals surface area contributed by atoms with Gasteiger partial charge in [0.1, 0.15) is 6.54 Å². The Morgan fingerprint density at radius 1 is 1.21 bits per heavy atom. The summed E-state index contributed by atoms with van der Waals surface area (Å²) in [4.78, 5) is 24.3. The minimum Gasteiger partial charge on any atom is -0.493 e. The molecule has 1 unspecified atom stereocenters. The fraction of sp³-hybridized carbons (Fsp3) is 0.389. The van der Waals surface area contributed by atoms with Crippen molar-refractivity contribution in [2.75, 3.05) is 25.7 Å². The molecule has 0 spiro atoms. The summed E-state index contributed by atoms with van der Waals surface area (Å²) in [5.41, 5.74) is 0.740. The second-order valence-electron chi connectivity index (χ2n) is 6.45. The standard InChI is InChI=1S/C18H21N3O6S/c1-26-15-5-3-12(9-16(15)27-2)14-4-6-18(23)21(20-14)10-17(22)19-13-7-8-28(24,25)11-13/h3-6,9,13H,7-8,10-11H2,1-2H3,(H,19,22). The third kappa shape index (κ3) is 4.50. The molecule has 1 N–H and O–H groups in total. The van der Waals surface area contributed by atoms with Gasteiger partial charge in [-0.1, -0.05) is 0 Å². The molecule has 10 heteroatoms. The van der Waals surface area contributed by atoms with E-state index in [9.17, 15) is 18.0 Å². The Hall–Kier alpha value is -2.88. The number of benzene rings is 1. The smallest absolute Gasteiger partial charge is 0.267 e. The lowest BCUT2D eigenvalue weighted by Crippen LogP contribution is -2.40. The average Bonchev–Trinajstić information content (AvgIpc) is 3.01. The van der Waals surface area contributed by atoms with Crippen LogP contribution in [0.5, 0.6) is 11.5 Å². The van der Waals surface area contributed by atoms with Crippen molar-refractivity contribution in [3.63, 3.8) is 0 Å². The summed E-state index contributed by atoms with van der Waals surface area (Å²) in [6.45, 7) is -0.295. The Labute approximate surface area is 162 Å². The molecule has 1 aliphatic rings. The molecule has 2 aromatic rings. The van der Waals surface area contributed by atoms with E-state index in [-0.39, 0.29) is 18.1 Å². The van der Waals surface area contributed by atoms with Gasteiger partial charge in [-0.2, -0.15) is 5.10 Å². The van der Waals surface area contributed by atoms with Crippen LogP contribution in [-0.4, -0.2) is 55.9 Å². The number of rotatable bonds is 6. The Bertz CT molecular complexity index is 1050. The van der Waals surface area contributed by atoms with Crippen molar-refractivity contribution in [1.82, 2.24) is 15.1 Å². The zero-order valence-electron chi connectivity index (χ0n) is 15.5. The highest BCUT2D eigenvalue weighted by molar-refractivity contribution is 7.91. The zero-order valence-corrected chi connectivity index (χ0v) is 16.4. The van der Waals surface area contributed by atoms with Gasteiger partial charge in [0.25, 0.3) is 5.56 Å². The molecular weight excluding hydrogens is 386 g/mol. The van der Waals surface area contributed by atoms with Crippen molar-refractivity contribution >= 4 is 15.7 Å². The second kappa shape index (κ2) is 8.01. The molecule has 1 saturated heterocycles. The van der Waals surface area contributed by atoms with Gasteiger partial charge in [0.05, 0.1) is 31.4 Å². The first kappa shape index (κ1) is 19.9. The zero-order chi connectivity index (χ0) is 20.3. The molecule has 1 aliphatic heterocycles. The maximum Gasteiger partial charge on any atom is 0.267 e. The van der Waals surface area contributed by atoms with E-state index in [1.165, 1.54) is 20.3 Å². The van der Waals surface area contributed by atoms with Gasteiger partial charge in [-0.05, 0) is 30.7 Å². The SMILES string of the molecule is COc1ccc(-c2ccc(=O)n(CC(=O)NC3CCS(=O)(=O)C3)n2)cc1OC. The number of hydrogen-bond donors (Lipinski definition) is 1. The third-order valence-electron chi connectivity index (χ3n) is 4.44. The maximum absolute atomic E-state index is 12.2. The van der Waals surface area contributed by atoms with Crippen LogP contribution in [0.1, 0.15) is 6.42 Å². The van der Waals surface area contributed by atoms with Crippen molar-refractivity contribution < 1.29 is 22.7 Å². The molecule has 1 atom stereocenters. The number of aromatic nitrogens is 2. The van der Waals surface area contributed by atoms with E-state index in [2.05, 4.69) is 10.4 Å². The summed E-state index contributed by atoms with van der Waals surface area (Å²) in [6, 6.07) is 7.66. The highest BCUT2D eigenvalue weighted by atomic mass is 32.2. The molecule has 0 radical (unpaired) electrons. The highest BCUT2D eigenvalue weighted by Crippen LogP contribution is 2.31. The van der Waals surface area contributed by atoms with Crippen LogP contribution in [0.4, 0.5) is 0 Å². The molecule has 0 saturated carbocycles. The number of nitrogens with one attached hydrogen (secondary N) is 1. The first-order valence-electron chi connectivity index (χ1n) is 8.61. The van der Waals surface area contributed by atoms with E-state index >= 15 is 0 Å². The minimum atomic E-state index is -3.10. The van der Waals surface area contributed by atoms with Gasteiger partial charge in [-0.3, -0.25) is 9.59 Å². The number of ether oxygens (including phenoxy) is 2. The molecule has 0 bridgehead atoms. The van der Waals surface area contributed by atoms with E-state index in [4.69, 9.17) is 9.47 Å². The van der Waals surface area contributed by atoms with Gasteiger partial charge in [0, 0.05) is 17.7 Å². The van der Waals surface area contributed by atoms with E-state index in [0.29, 0.717) is 29.2 Å². The number of methoxy groups -OCH3 is 2. The van der Waals surface area contributed by atoms with Gasteiger partial charge in [0.2, 0.25) is 5.91 Å². The molecule has 1 aromatic carbocycles. The Morgan fingerprint density at radius 2 is 1.96 bits per heavy atom. The maximum atomic E-state index is 12.2. The average molecular weight is 407 g/mol. The van der Waals surface area contributed by atoms with Crippen molar-refractivity contribution in [2.24, 2.45) is 0 Å². The Balaban J connectivity index is 1.78. The number of amides is 1. The molecular formula is C18H21N3O6S. The van der Waals surface area contributed by atoms with Crippen LogP contribution in [0.3, 0.4) is 0 Å². The monoisotopic (exact) mass is 407 g/mol. The van der Waals surface area contributed by atoms with E-state index in [0.717, 1.165) is 4.68 Å². The molecule has 1 aromatic heterocycles. The molecule has 28 heavy (non-hydrogen) atoms. The number of nitrogens with zero attached hydrogens (tertiary/aromatic N) is 2. The summed E-state index contributed by atoms with van der Waals surface area (Å²) < 4.78 is 34.5. The fourth-order valence-electron chi connectivity index (χ4n) is 3.03. The van der Waals surface area contributed by atoms with E-state index < -0.39 is 27.3 Å². The van der Waals surface area contributed by atoms with Crippen LogP contribution in [0.15, 0.2) is 35.1 Å². The van der Waals surface area contributed by atoms with Crippen molar-refractivity contribution in [2.45, 2.75) is 19.0 Å². The van der Waals surface area contributed by atoms with Crippen molar-refractivity contribution in [1.29, 1.82) is 0 Å². The Kier molecular flexibility index (Phi) is 5.68. The van der Waals surface area contributed by atoms with Gasteiger partial charge < -0.3 is 14.8 Å². The molecule has 0 aliphatic carbocycles. The number of carbonyl (C=O) groups excluding carboxylic acids is 1. The molecule has 9 nitrogen and oxygen atoms in total. The van der Waals surface area contributed by atoms with Crippen LogP contribution >= 0.6 is 0 Å². The van der Waals surface area contributed by atoms with E-state index in [1.807, 2.05) is 0 Å². The summed E-state index contributed by atoms with van der Waals surface area (Å²) in [5.74, 6) is 0.601. The Morgan fingerprint density at radius 3 is 2.61 bits per heavy atom. The lowest BCUT2D eigenvalue weighted by molar-refractivity contribution is -0.122. The largest absolute Gasteiger partial charge is 0.493 e. The van der Waals surface area contributed by atoms with Crippen molar-refractivity contribution in [3.8, 4) is 22.8 Å². The molecule has 1 fully saturated rings. The third-order valence-corrected chi connectivity index (χ3v) is 6.20. The minimum absolute atomic E-state index is 0.0604. The molecule has 2 heterocycles. The number of carbonyl (C=O) groups is 1. The fourth-order valence-corrected chi connectivity index (χ4v) is 4.70. The van der Waals surface area contributed by atoms with Crippen LogP contribution in [-0.2, 0) is 21.2 Å². The van der Waals surface area contributed by atoms with Gasteiger partial charge in [0.15, 0.2) is 21.3 Å². The first-order valence-corrected chi connectivity index (χ1v) is 10.4. The quantitative estimate of drug-likeness (QED) is 0.729. The summed E-state index contributed by atoms with van der Waals surface area (Å²) in [6.07, 6.45) is 0.377. The summed E-state index contributed by atoms with van der Waals surface area (Å²) >= 11 is 0. The number of hydrogen-bond acceptors (Lipinski definition) is 7. The van der Waals surface area contributed by atoms with Gasteiger partial charge in [-0.15, -0.1) is 0 Å². The van der Waals surface area contributed by atoms with Crippen molar-refractivity contribution in [3.05, 3.63) is 40.7 Å². The first-order chi connectivity index (χ1) is 13.3. The highest BCUT2D eigenvalue weighted by Gasteiger charge is 2.29. The van der Waals surface area contributed by atoms with Gasteiger partial charge >= 0.3 is 0 Å². The summed E-state index contributed by atoms with van der Waals surface area (Å²) in [7, 11) is -0.0490. The van der Waals surface area contributed by atoms with E-state index in [1.54, 1.807) is 24.3 Å².